The highest BCUT2D eigenvalue weighted by atomic mass is 35.5. The molecule has 0 aliphatic rings. The molecule has 0 atom stereocenters. The van der Waals surface area contributed by atoms with E-state index in [-0.39, 0.29) is 0 Å². The average molecular weight is 261 g/mol. The van der Waals surface area contributed by atoms with Gasteiger partial charge in [-0.2, -0.15) is 0 Å². The van der Waals surface area contributed by atoms with E-state index in [1.807, 2.05) is 37.4 Å². The van der Waals surface area contributed by atoms with Crippen LogP contribution in [0.2, 0.25) is 5.02 Å². The van der Waals surface area contributed by atoms with Crippen LogP contribution in [0.3, 0.4) is 0 Å². The molecule has 0 saturated carbocycles. The summed E-state index contributed by atoms with van der Waals surface area (Å²) in [6.45, 7) is 0.799. The highest BCUT2D eigenvalue weighted by Crippen LogP contribution is 2.28. The Labute approximate surface area is 113 Å². The van der Waals surface area contributed by atoms with Crippen LogP contribution in [0.1, 0.15) is 5.56 Å². The predicted octanol–water partition coefficient (Wildman–Crippen LogP) is 3.83. The van der Waals surface area contributed by atoms with Gasteiger partial charge in [0.2, 0.25) is 0 Å². The molecule has 2 nitrogen and oxygen atoms in total. The maximum atomic E-state index is 6.06. The van der Waals surface area contributed by atoms with Crippen LogP contribution >= 0.6 is 11.6 Å². The molecule has 0 aromatic heterocycles. The Morgan fingerprint density at radius 1 is 1.11 bits per heavy atom. The lowest BCUT2D eigenvalue weighted by Crippen LogP contribution is -2.14. The molecular weight excluding hydrogens is 244 g/mol. The van der Waals surface area contributed by atoms with Crippen LogP contribution in [0.15, 0.2) is 48.5 Å². The fourth-order valence-electron chi connectivity index (χ4n) is 2.00. The normalized spacial score (nSPS) is 10.4. The molecule has 1 N–H and O–H groups in total. The quantitative estimate of drug-likeness (QED) is 0.899. The van der Waals surface area contributed by atoms with Gasteiger partial charge in [0.1, 0.15) is 0 Å². The molecule has 0 radical (unpaired) electrons. The Morgan fingerprint density at radius 2 is 1.83 bits per heavy atom. The van der Waals surface area contributed by atoms with Gasteiger partial charge in [-0.05, 0) is 42.9 Å². The number of hydrogen-bond acceptors (Lipinski definition) is 2. The number of para-hydroxylation sites is 1. The summed E-state index contributed by atoms with van der Waals surface area (Å²) in [6.07, 6.45) is 0. The number of halogens is 1. The molecular formula is C15H17ClN2. The summed E-state index contributed by atoms with van der Waals surface area (Å²) in [6, 6.07) is 16.3. The van der Waals surface area contributed by atoms with Gasteiger partial charge in [-0.25, -0.2) is 0 Å². The molecule has 2 aromatic carbocycles. The molecule has 0 unspecified atom stereocenters. The van der Waals surface area contributed by atoms with E-state index in [1.54, 1.807) is 0 Å². The first-order valence-electron chi connectivity index (χ1n) is 5.94. The second-order valence-electron chi connectivity index (χ2n) is 4.20. The monoisotopic (exact) mass is 260 g/mol. The van der Waals surface area contributed by atoms with Crippen LogP contribution < -0.4 is 10.2 Å². The third kappa shape index (κ3) is 2.84. The minimum absolute atomic E-state index is 0.769. The molecule has 0 aliphatic carbocycles. The zero-order valence-corrected chi connectivity index (χ0v) is 11.4. The van der Waals surface area contributed by atoms with Crippen molar-refractivity contribution in [3.63, 3.8) is 0 Å². The zero-order chi connectivity index (χ0) is 13.0. The second kappa shape index (κ2) is 5.89. The van der Waals surface area contributed by atoms with Crippen molar-refractivity contribution in [3.05, 3.63) is 59.1 Å². The molecule has 18 heavy (non-hydrogen) atoms. The summed E-state index contributed by atoms with van der Waals surface area (Å²) in [4.78, 5) is 2.17. The molecule has 3 heteroatoms. The smallest absolute Gasteiger partial charge is 0.0454 e. The van der Waals surface area contributed by atoms with Crippen LogP contribution in [0, 0.1) is 0 Å². The number of nitrogens with zero attached hydrogens (tertiary/aromatic N) is 1. The highest BCUT2D eigenvalue weighted by Gasteiger charge is 2.09. The second-order valence-corrected chi connectivity index (χ2v) is 4.63. The fraction of sp³-hybridized carbons (Fsp3) is 0.200. The van der Waals surface area contributed by atoms with Gasteiger partial charge < -0.3 is 10.2 Å². The highest BCUT2D eigenvalue weighted by molar-refractivity contribution is 6.30. The largest absolute Gasteiger partial charge is 0.344 e. The van der Waals surface area contributed by atoms with Crippen molar-refractivity contribution in [2.45, 2.75) is 6.54 Å². The third-order valence-electron chi connectivity index (χ3n) is 2.91. The van der Waals surface area contributed by atoms with Crippen molar-refractivity contribution in [1.29, 1.82) is 0 Å². The standard InChI is InChI=1S/C15H17ClN2/c1-17-11-12-10-13(16)8-9-15(12)18(2)14-6-4-3-5-7-14/h3-10,17H,11H2,1-2H3. The lowest BCUT2D eigenvalue weighted by molar-refractivity contribution is 0.816. The summed E-state index contributed by atoms with van der Waals surface area (Å²) in [7, 11) is 4.00. The Morgan fingerprint density at radius 3 is 2.50 bits per heavy atom. The number of hydrogen-bond donors (Lipinski definition) is 1. The Balaban J connectivity index is 2.38. The summed E-state index contributed by atoms with van der Waals surface area (Å²) >= 11 is 6.06. The van der Waals surface area contributed by atoms with Crippen LogP contribution in [-0.4, -0.2) is 14.1 Å². The lowest BCUT2D eigenvalue weighted by Gasteiger charge is -2.23. The lowest BCUT2D eigenvalue weighted by atomic mass is 10.1. The van der Waals surface area contributed by atoms with Gasteiger partial charge >= 0.3 is 0 Å². The summed E-state index contributed by atoms with van der Waals surface area (Å²) in [5.74, 6) is 0. The molecule has 0 fully saturated rings. The van der Waals surface area contributed by atoms with Gasteiger partial charge in [0.15, 0.2) is 0 Å². The summed E-state index contributed by atoms with van der Waals surface area (Å²) in [5.41, 5.74) is 3.52. The van der Waals surface area contributed by atoms with Crippen molar-refractivity contribution < 1.29 is 0 Å². The van der Waals surface area contributed by atoms with Crippen LogP contribution in [0.4, 0.5) is 11.4 Å². The van der Waals surface area contributed by atoms with Crippen molar-refractivity contribution >= 4 is 23.0 Å². The maximum Gasteiger partial charge on any atom is 0.0454 e. The van der Waals surface area contributed by atoms with Crippen molar-refractivity contribution in [1.82, 2.24) is 5.32 Å². The van der Waals surface area contributed by atoms with E-state index in [1.165, 1.54) is 11.3 Å². The topological polar surface area (TPSA) is 15.3 Å². The van der Waals surface area contributed by atoms with E-state index in [9.17, 15) is 0 Å². The first-order chi connectivity index (χ1) is 8.72. The van der Waals surface area contributed by atoms with Gasteiger partial charge in [0.25, 0.3) is 0 Å². The third-order valence-corrected chi connectivity index (χ3v) is 3.15. The number of nitrogens with one attached hydrogen (secondary N) is 1. The molecule has 0 heterocycles. The van der Waals surface area contributed by atoms with Crippen molar-refractivity contribution in [3.8, 4) is 0 Å². The molecule has 0 amide bonds. The van der Waals surface area contributed by atoms with Gasteiger partial charge in [0.05, 0.1) is 0 Å². The number of anilines is 2. The Hall–Kier alpha value is -1.51. The van der Waals surface area contributed by atoms with E-state index in [0.29, 0.717) is 0 Å². The molecule has 94 valence electrons. The summed E-state index contributed by atoms with van der Waals surface area (Å²) in [5, 5.41) is 3.94. The van der Waals surface area contributed by atoms with Gasteiger partial charge in [-0.3, -0.25) is 0 Å². The average Bonchev–Trinajstić information content (AvgIpc) is 2.40. The molecule has 2 aromatic rings. The maximum absolute atomic E-state index is 6.06. The van der Waals surface area contributed by atoms with E-state index in [4.69, 9.17) is 11.6 Å². The first kappa shape index (κ1) is 12.9. The van der Waals surface area contributed by atoms with E-state index in [2.05, 4.69) is 35.5 Å². The first-order valence-corrected chi connectivity index (χ1v) is 6.32. The van der Waals surface area contributed by atoms with Crippen LogP contribution in [0.5, 0.6) is 0 Å². The van der Waals surface area contributed by atoms with Gasteiger partial charge in [0, 0.05) is 30.0 Å². The van der Waals surface area contributed by atoms with E-state index in [0.717, 1.165) is 17.3 Å². The minimum atomic E-state index is 0.769. The van der Waals surface area contributed by atoms with Gasteiger partial charge in [-0.1, -0.05) is 29.8 Å². The fourth-order valence-corrected chi connectivity index (χ4v) is 2.20. The summed E-state index contributed by atoms with van der Waals surface area (Å²) < 4.78 is 0. The molecule has 2 rings (SSSR count). The Bertz CT molecular complexity index is 511. The molecule has 0 spiro atoms. The zero-order valence-electron chi connectivity index (χ0n) is 10.7. The number of benzene rings is 2. The molecule has 0 bridgehead atoms. The van der Waals surface area contributed by atoms with Crippen molar-refractivity contribution in [2.75, 3.05) is 19.0 Å². The predicted molar refractivity (Wildman–Crippen MR) is 78.7 cm³/mol. The van der Waals surface area contributed by atoms with E-state index < -0.39 is 0 Å². The van der Waals surface area contributed by atoms with Gasteiger partial charge in [-0.15, -0.1) is 0 Å². The molecule has 0 saturated heterocycles. The van der Waals surface area contributed by atoms with Crippen LogP contribution in [0.25, 0.3) is 0 Å². The Kier molecular flexibility index (Phi) is 4.24. The molecule has 0 aliphatic heterocycles. The van der Waals surface area contributed by atoms with E-state index >= 15 is 0 Å². The number of rotatable bonds is 4. The minimum Gasteiger partial charge on any atom is -0.344 e. The van der Waals surface area contributed by atoms with Crippen LogP contribution in [-0.2, 0) is 6.54 Å². The van der Waals surface area contributed by atoms with Crippen molar-refractivity contribution in [2.24, 2.45) is 0 Å². The SMILES string of the molecule is CNCc1cc(Cl)ccc1N(C)c1ccccc1.